The summed E-state index contributed by atoms with van der Waals surface area (Å²) in [6.07, 6.45) is 6.88. The minimum absolute atomic E-state index is 0.0462. The van der Waals surface area contributed by atoms with Gasteiger partial charge in [0.15, 0.2) is 0 Å². The summed E-state index contributed by atoms with van der Waals surface area (Å²) in [5.41, 5.74) is 0. The van der Waals surface area contributed by atoms with Gasteiger partial charge < -0.3 is 13.3 Å². The van der Waals surface area contributed by atoms with E-state index >= 15 is 0 Å². The molecule has 1 fully saturated rings. The van der Waals surface area contributed by atoms with Gasteiger partial charge in [0.2, 0.25) is 0 Å². The summed E-state index contributed by atoms with van der Waals surface area (Å²) in [6, 6.07) is 2.44. The van der Waals surface area contributed by atoms with Crippen molar-refractivity contribution in [1.82, 2.24) is 0 Å². The first kappa shape index (κ1) is 18.6. The quantitative estimate of drug-likeness (QED) is 0.600. The van der Waals surface area contributed by atoms with Crippen LogP contribution in [0.25, 0.3) is 0 Å². The van der Waals surface area contributed by atoms with Crippen LogP contribution in [0.15, 0.2) is 0 Å². The van der Waals surface area contributed by atoms with Crippen molar-refractivity contribution < 1.29 is 13.3 Å². The van der Waals surface area contributed by atoms with E-state index in [4.69, 9.17) is 13.3 Å². The van der Waals surface area contributed by atoms with Crippen molar-refractivity contribution in [2.75, 3.05) is 13.2 Å². The summed E-state index contributed by atoms with van der Waals surface area (Å²) < 4.78 is 18.0. The smallest absolute Gasteiger partial charge is 0.374 e. The monoisotopic (exact) mass is 313 g/mol. The predicted molar refractivity (Wildman–Crippen MR) is 85.7 cm³/mol. The summed E-state index contributed by atoms with van der Waals surface area (Å²) in [5, 5.41) is 9.49. The van der Waals surface area contributed by atoms with Gasteiger partial charge in [-0.05, 0) is 39.0 Å². The van der Waals surface area contributed by atoms with Crippen LogP contribution in [-0.2, 0) is 13.3 Å². The molecule has 0 bridgehead atoms. The first-order valence-electron chi connectivity index (χ1n) is 8.45. The van der Waals surface area contributed by atoms with E-state index in [1.54, 1.807) is 0 Å². The third-order valence-corrected chi connectivity index (χ3v) is 6.61. The molecular weight excluding hydrogens is 282 g/mol. The zero-order valence-corrected chi connectivity index (χ0v) is 15.1. The highest BCUT2D eigenvalue weighted by Crippen LogP contribution is 2.34. The lowest BCUT2D eigenvalue weighted by Crippen LogP contribution is -2.49. The van der Waals surface area contributed by atoms with Crippen LogP contribution in [0.3, 0.4) is 0 Å². The average Bonchev–Trinajstić information content (AvgIpc) is 2.49. The van der Waals surface area contributed by atoms with Crippen LogP contribution in [0.2, 0.25) is 6.55 Å². The van der Waals surface area contributed by atoms with Crippen LogP contribution in [0, 0.1) is 23.2 Å². The Morgan fingerprint density at radius 3 is 2.10 bits per heavy atom. The van der Waals surface area contributed by atoms with Gasteiger partial charge in [-0.2, -0.15) is 5.26 Å². The maximum atomic E-state index is 9.49. The van der Waals surface area contributed by atoms with Gasteiger partial charge in [0.1, 0.15) is 0 Å². The fraction of sp³-hybridized carbons (Fsp3) is 0.938. The normalized spacial score (nSPS) is 20.0. The molecule has 1 aliphatic carbocycles. The molecule has 0 amide bonds. The van der Waals surface area contributed by atoms with Crippen molar-refractivity contribution in [3.63, 3.8) is 0 Å². The molecule has 0 spiro atoms. The molecule has 5 heteroatoms. The van der Waals surface area contributed by atoms with Crippen molar-refractivity contribution in [3.8, 4) is 6.07 Å². The molecule has 0 N–H and O–H groups in total. The summed E-state index contributed by atoms with van der Waals surface area (Å²) in [4.78, 5) is 0. The molecule has 0 aromatic carbocycles. The molecule has 122 valence electrons. The van der Waals surface area contributed by atoms with Gasteiger partial charge in [-0.1, -0.05) is 26.2 Å². The van der Waals surface area contributed by atoms with Crippen molar-refractivity contribution >= 4 is 8.80 Å². The van der Waals surface area contributed by atoms with E-state index in [0.29, 0.717) is 19.1 Å². The highest BCUT2D eigenvalue weighted by molar-refractivity contribution is 6.59. The van der Waals surface area contributed by atoms with E-state index < -0.39 is 8.80 Å². The topological polar surface area (TPSA) is 51.5 Å². The van der Waals surface area contributed by atoms with E-state index in [-0.39, 0.29) is 12.0 Å². The van der Waals surface area contributed by atoms with Crippen molar-refractivity contribution in [2.24, 2.45) is 11.8 Å². The zero-order chi connectivity index (χ0) is 15.7. The third-order valence-electron chi connectivity index (χ3n) is 4.28. The molecule has 4 nitrogen and oxygen atoms in total. The molecular formula is C16H31NO3Si. The molecule has 0 heterocycles. The molecule has 2 atom stereocenters. The predicted octanol–water partition coefficient (Wildman–Crippen LogP) is 4.14. The lowest BCUT2D eigenvalue weighted by atomic mass is 9.80. The number of hydrogen-bond acceptors (Lipinski definition) is 4. The Balaban J connectivity index is 2.86. The van der Waals surface area contributed by atoms with Crippen molar-refractivity contribution in [3.05, 3.63) is 0 Å². The zero-order valence-electron chi connectivity index (χ0n) is 14.1. The maximum absolute atomic E-state index is 9.49. The SMILES string of the molecule is CCO[Si](C)(OCC)O[C@H](C1CCCCC1)[C@H](C#N)CC. The van der Waals surface area contributed by atoms with Crippen LogP contribution in [0.1, 0.15) is 59.3 Å². The Morgan fingerprint density at radius 1 is 1.10 bits per heavy atom. The Hall–Kier alpha value is -0.413. The molecule has 0 radical (unpaired) electrons. The lowest BCUT2D eigenvalue weighted by Gasteiger charge is -2.37. The molecule has 0 unspecified atom stereocenters. The first-order chi connectivity index (χ1) is 10.1. The Kier molecular flexibility index (Phi) is 8.50. The summed E-state index contributed by atoms with van der Waals surface area (Å²) in [5.74, 6) is 0.400. The van der Waals surface area contributed by atoms with Crippen LogP contribution in [-0.4, -0.2) is 28.1 Å². The molecule has 0 aliphatic heterocycles. The molecule has 1 saturated carbocycles. The number of rotatable bonds is 9. The summed E-state index contributed by atoms with van der Waals surface area (Å²) in [7, 11) is -2.64. The molecule has 21 heavy (non-hydrogen) atoms. The fourth-order valence-corrected chi connectivity index (χ4v) is 5.37. The van der Waals surface area contributed by atoms with Gasteiger partial charge in [-0.15, -0.1) is 0 Å². The van der Waals surface area contributed by atoms with E-state index in [1.807, 2.05) is 20.4 Å². The van der Waals surface area contributed by atoms with E-state index in [9.17, 15) is 5.26 Å². The number of nitriles is 1. The summed E-state index contributed by atoms with van der Waals surface area (Å²) >= 11 is 0. The highest BCUT2D eigenvalue weighted by atomic mass is 28.4. The molecule has 0 aromatic rings. The molecule has 1 aliphatic rings. The van der Waals surface area contributed by atoms with Crippen LogP contribution < -0.4 is 0 Å². The Morgan fingerprint density at radius 2 is 1.67 bits per heavy atom. The van der Waals surface area contributed by atoms with E-state index in [0.717, 1.165) is 19.3 Å². The minimum Gasteiger partial charge on any atom is -0.374 e. The van der Waals surface area contributed by atoms with Crippen LogP contribution in [0.5, 0.6) is 0 Å². The number of nitrogens with zero attached hydrogens (tertiary/aromatic N) is 1. The largest absolute Gasteiger partial charge is 0.497 e. The van der Waals surface area contributed by atoms with Crippen LogP contribution >= 0.6 is 0 Å². The van der Waals surface area contributed by atoms with Gasteiger partial charge in [-0.3, -0.25) is 0 Å². The summed E-state index contributed by atoms with van der Waals surface area (Å²) in [6.45, 7) is 9.12. The molecule has 0 saturated heterocycles. The molecule has 0 aromatic heterocycles. The second-order valence-electron chi connectivity index (χ2n) is 5.85. The van der Waals surface area contributed by atoms with Crippen LogP contribution in [0.4, 0.5) is 0 Å². The van der Waals surface area contributed by atoms with Gasteiger partial charge in [-0.25, -0.2) is 0 Å². The Bertz CT molecular complexity index is 320. The van der Waals surface area contributed by atoms with Gasteiger partial charge in [0, 0.05) is 19.8 Å². The van der Waals surface area contributed by atoms with Gasteiger partial charge in [0.25, 0.3) is 0 Å². The van der Waals surface area contributed by atoms with Gasteiger partial charge in [0.05, 0.1) is 18.1 Å². The minimum atomic E-state index is -2.64. The Labute approximate surface area is 131 Å². The standard InChI is InChI=1S/C16H31NO3Si/c1-5-14(13-17)16(15-11-9-8-10-12-15)20-21(4,18-6-2)19-7-3/h14-16H,5-12H2,1-4H3/t14-,16-/m0/s1. The second kappa shape index (κ2) is 9.57. The van der Waals surface area contributed by atoms with E-state index in [2.05, 4.69) is 13.0 Å². The van der Waals surface area contributed by atoms with E-state index in [1.165, 1.54) is 19.3 Å². The lowest BCUT2D eigenvalue weighted by molar-refractivity contribution is -0.0122. The fourth-order valence-electron chi connectivity index (χ4n) is 3.25. The third kappa shape index (κ3) is 5.71. The van der Waals surface area contributed by atoms with Gasteiger partial charge >= 0.3 is 8.80 Å². The second-order valence-corrected chi connectivity index (χ2v) is 8.39. The van der Waals surface area contributed by atoms with Crippen molar-refractivity contribution in [1.29, 1.82) is 5.26 Å². The average molecular weight is 314 g/mol. The van der Waals surface area contributed by atoms with Crippen molar-refractivity contribution in [2.45, 2.75) is 71.9 Å². The number of hydrogen-bond donors (Lipinski definition) is 0. The maximum Gasteiger partial charge on any atom is 0.497 e. The first-order valence-corrected chi connectivity index (χ1v) is 10.7. The molecule has 1 rings (SSSR count). The highest BCUT2D eigenvalue weighted by Gasteiger charge is 2.42.